The molecule has 0 heterocycles. The number of hydrogen-bond acceptors (Lipinski definition) is 0. The minimum Gasteiger partial charge on any atom is -0.0925 e. The maximum absolute atomic E-state index is 3.51. The van der Waals surface area contributed by atoms with E-state index >= 15 is 0 Å². The summed E-state index contributed by atoms with van der Waals surface area (Å²) >= 11 is 3.51. The van der Waals surface area contributed by atoms with Crippen molar-refractivity contribution in [2.24, 2.45) is 0 Å². The second kappa shape index (κ2) is 5.11. The van der Waals surface area contributed by atoms with Crippen molar-refractivity contribution >= 4 is 21.5 Å². The Kier molecular flexibility index (Phi) is 3.33. The molecule has 3 rings (SSSR count). The Morgan fingerprint density at radius 2 is 1.44 bits per heavy atom. The van der Waals surface area contributed by atoms with E-state index in [2.05, 4.69) is 70.5 Å². The zero-order chi connectivity index (χ0) is 12.4. The van der Waals surface area contributed by atoms with Crippen molar-refractivity contribution in [3.63, 3.8) is 0 Å². The summed E-state index contributed by atoms with van der Waals surface area (Å²) in [6, 6.07) is 17.5. The number of halogens is 1. The van der Waals surface area contributed by atoms with Crippen molar-refractivity contribution in [1.29, 1.82) is 0 Å². The van der Waals surface area contributed by atoms with E-state index in [1.807, 2.05) is 0 Å². The van der Waals surface area contributed by atoms with Crippen molar-refractivity contribution in [3.05, 3.63) is 76.9 Å². The Morgan fingerprint density at radius 1 is 0.889 bits per heavy atom. The molecule has 0 radical (unpaired) electrons. The first-order valence-corrected chi connectivity index (χ1v) is 7.45. The SMILES string of the molecule is BrCCC=C1c2ccccc2Cc2ccccc21. The van der Waals surface area contributed by atoms with Crippen LogP contribution in [0.2, 0.25) is 0 Å². The van der Waals surface area contributed by atoms with E-state index in [4.69, 9.17) is 0 Å². The average Bonchev–Trinajstić information content (AvgIpc) is 2.43. The molecule has 0 aromatic heterocycles. The van der Waals surface area contributed by atoms with Crippen LogP contribution >= 0.6 is 15.9 Å². The second-order valence-corrected chi connectivity index (χ2v) is 5.38. The number of hydrogen-bond donors (Lipinski definition) is 0. The van der Waals surface area contributed by atoms with Gasteiger partial charge in [-0.3, -0.25) is 0 Å². The van der Waals surface area contributed by atoms with Crippen molar-refractivity contribution in [2.75, 3.05) is 5.33 Å². The van der Waals surface area contributed by atoms with Crippen molar-refractivity contribution in [3.8, 4) is 0 Å². The van der Waals surface area contributed by atoms with Gasteiger partial charge < -0.3 is 0 Å². The van der Waals surface area contributed by atoms with Crippen LogP contribution in [-0.2, 0) is 6.42 Å². The van der Waals surface area contributed by atoms with Crippen LogP contribution < -0.4 is 0 Å². The summed E-state index contributed by atoms with van der Waals surface area (Å²) in [5, 5.41) is 1.01. The number of alkyl halides is 1. The Labute approximate surface area is 116 Å². The molecule has 2 aromatic carbocycles. The fourth-order valence-corrected chi connectivity index (χ4v) is 2.87. The Hall–Kier alpha value is -1.34. The van der Waals surface area contributed by atoms with E-state index in [9.17, 15) is 0 Å². The highest BCUT2D eigenvalue weighted by Crippen LogP contribution is 2.35. The van der Waals surface area contributed by atoms with Crippen LogP contribution in [0.1, 0.15) is 28.7 Å². The van der Waals surface area contributed by atoms with Gasteiger partial charge >= 0.3 is 0 Å². The Bertz CT molecular complexity index is 549. The van der Waals surface area contributed by atoms with Crippen LogP contribution in [0.15, 0.2) is 54.6 Å². The molecule has 2 aromatic rings. The number of fused-ring (bicyclic) bond motifs is 2. The molecule has 0 bridgehead atoms. The highest BCUT2D eigenvalue weighted by Gasteiger charge is 2.18. The molecule has 0 spiro atoms. The van der Waals surface area contributed by atoms with Gasteiger partial charge in [0.05, 0.1) is 0 Å². The van der Waals surface area contributed by atoms with Crippen LogP contribution in [0.3, 0.4) is 0 Å². The van der Waals surface area contributed by atoms with Gasteiger partial charge in [0.2, 0.25) is 0 Å². The van der Waals surface area contributed by atoms with Gasteiger partial charge in [-0.2, -0.15) is 0 Å². The summed E-state index contributed by atoms with van der Waals surface area (Å²) in [7, 11) is 0. The van der Waals surface area contributed by atoms with Crippen LogP contribution in [0.25, 0.3) is 5.57 Å². The van der Waals surface area contributed by atoms with E-state index in [-0.39, 0.29) is 0 Å². The van der Waals surface area contributed by atoms with E-state index in [1.165, 1.54) is 27.8 Å². The normalized spacial score (nSPS) is 12.8. The smallest absolute Gasteiger partial charge is 0.00662 e. The van der Waals surface area contributed by atoms with Crippen molar-refractivity contribution in [1.82, 2.24) is 0 Å². The van der Waals surface area contributed by atoms with E-state index in [0.717, 1.165) is 18.2 Å². The summed E-state index contributed by atoms with van der Waals surface area (Å²) in [5.41, 5.74) is 7.08. The third-order valence-electron chi connectivity index (χ3n) is 3.45. The molecule has 0 fully saturated rings. The fourth-order valence-electron chi connectivity index (χ4n) is 2.64. The zero-order valence-electron chi connectivity index (χ0n) is 10.2. The largest absolute Gasteiger partial charge is 0.0925 e. The molecule has 0 amide bonds. The van der Waals surface area contributed by atoms with Gasteiger partial charge in [0.1, 0.15) is 0 Å². The van der Waals surface area contributed by atoms with Gasteiger partial charge in [-0.1, -0.05) is 70.5 Å². The van der Waals surface area contributed by atoms with Gasteiger partial charge in [0.15, 0.2) is 0 Å². The van der Waals surface area contributed by atoms with Crippen LogP contribution in [-0.4, -0.2) is 5.33 Å². The van der Waals surface area contributed by atoms with Gasteiger partial charge in [-0.15, -0.1) is 0 Å². The monoisotopic (exact) mass is 298 g/mol. The summed E-state index contributed by atoms with van der Waals surface area (Å²) in [4.78, 5) is 0. The third-order valence-corrected chi connectivity index (χ3v) is 3.91. The molecule has 1 aliphatic carbocycles. The predicted octanol–water partition coefficient (Wildman–Crippen LogP) is 4.81. The predicted molar refractivity (Wildman–Crippen MR) is 81.2 cm³/mol. The molecular formula is C17H15Br. The molecule has 1 aliphatic rings. The molecule has 0 saturated carbocycles. The summed E-state index contributed by atoms with van der Waals surface area (Å²) < 4.78 is 0. The van der Waals surface area contributed by atoms with Gasteiger partial charge in [-0.05, 0) is 40.7 Å². The molecule has 0 N–H and O–H groups in total. The molecule has 90 valence electrons. The van der Waals surface area contributed by atoms with E-state index < -0.39 is 0 Å². The van der Waals surface area contributed by atoms with Gasteiger partial charge in [0, 0.05) is 5.33 Å². The van der Waals surface area contributed by atoms with Gasteiger partial charge in [-0.25, -0.2) is 0 Å². The fraction of sp³-hybridized carbons (Fsp3) is 0.176. The third kappa shape index (κ3) is 2.04. The van der Waals surface area contributed by atoms with Crippen LogP contribution in [0.5, 0.6) is 0 Å². The molecule has 0 atom stereocenters. The van der Waals surface area contributed by atoms with Crippen molar-refractivity contribution < 1.29 is 0 Å². The highest BCUT2D eigenvalue weighted by atomic mass is 79.9. The Morgan fingerprint density at radius 3 is 2.00 bits per heavy atom. The summed E-state index contributed by atoms with van der Waals surface area (Å²) in [6.45, 7) is 0. The second-order valence-electron chi connectivity index (χ2n) is 4.59. The maximum atomic E-state index is 3.51. The number of benzene rings is 2. The first-order valence-electron chi connectivity index (χ1n) is 6.33. The number of rotatable bonds is 2. The summed E-state index contributed by atoms with van der Waals surface area (Å²) in [5.74, 6) is 0. The lowest BCUT2D eigenvalue weighted by atomic mass is 9.82. The minimum atomic E-state index is 1.01. The van der Waals surface area contributed by atoms with E-state index in [1.54, 1.807) is 0 Å². The number of allylic oxidation sites excluding steroid dienone is 1. The lowest BCUT2D eigenvalue weighted by Crippen LogP contribution is -2.06. The molecule has 0 aliphatic heterocycles. The molecule has 0 nitrogen and oxygen atoms in total. The molecule has 0 saturated heterocycles. The minimum absolute atomic E-state index is 1.01. The quantitative estimate of drug-likeness (QED) is 0.596. The first kappa shape index (κ1) is 11.7. The standard InChI is InChI=1S/C17H15Br/c18-11-5-10-17-15-8-3-1-6-13(15)12-14-7-2-4-9-16(14)17/h1-4,6-10H,5,11-12H2. The molecule has 0 unspecified atom stereocenters. The first-order chi connectivity index (χ1) is 8.90. The summed E-state index contributed by atoms with van der Waals surface area (Å²) in [6.07, 6.45) is 4.47. The van der Waals surface area contributed by atoms with Crippen molar-refractivity contribution in [2.45, 2.75) is 12.8 Å². The molecular weight excluding hydrogens is 284 g/mol. The molecule has 1 heteroatoms. The maximum Gasteiger partial charge on any atom is 0.00662 e. The molecule has 18 heavy (non-hydrogen) atoms. The Balaban J connectivity index is 2.18. The van der Waals surface area contributed by atoms with E-state index in [0.29, 0.717) is 0 Å². The topological polar surface area (TPSA) is 0 Å². The lowest BCUT2D eigenvalue weighted by Gasteiger charge is -2.22. The van der Waals surface area contributed by atoms with Gasteiger partial charge in [0.25, 0.3) is 0 Å². The highest BCUT2D eigenvalue weighted by molar-refractivity contribution is 9.09. The van der Waals surface area contributed by atoms with Crippen LogP contribution in [0.4, 0.5) is 0 Å². The van der Waals surface area contributed by atoms with Crippen LogP contribution in [0, 0.1) is 0 Å². The lowest BCUT2D eigenvalue weighted by molar-refractivity contribution is 1.13. The zero-order valence-corrected chi connectivity index (χ0v) is 11.8. The average molecular weight is 299 g/mol.